The lowest BCUT2D eigenvalue weighted by molar-refractivity contribution is 0.474. The molecule has 1 aliphatic rings. The van der Waals surface area contributed by atoms with Gasteiger partial charge in [0.25, 0.3) is 0 Å². The summed E-state index contributed by atoms with van der Waals surface area (Å²) in [7, 11) is 0. The monoisotopic (exact) mass is 316 g/mol. The van der Waals surface area contributed by atoms with Gasteiger partial charge >= 0.3 is 0 Å². The van der Waals surface area contributed by atoms with Gasteiger partial charge in [0.05, 0.1) is 0 Å². The summed E-state index contributed by atoms with van der Waals surface area (Å²) in [5, 5.41) is 13.3. The average Bonchev–Trinajstić information content (AvgIpc) is 2.58. The van der Waals surface area contributed by atoms with Crippen molar-refractivity contribution in [2.45, 2.75) is 46.5 Å². The van der Waals surface area contributed by atoms with Gasteiger partial charge in [0, 0.05) is 5.56 Å². The number of benzene rings is 3. The first kappa shape index (κ1) is 15.3. The van der Waals surface area contributed by atoms with Gasteiger partial charge < -0.3 is 5.11 Å². The molecule has 1 heteroatoms. The molecule has 122 valence electrons. The van der Waals surface area contributed by atoms with Gasteiger partial charge in [0.1, 0.15) is 5.75 Å². The van der Waals surface area contributed by atoms with Gasteiger partial charge in [-0.25, -0.2) is 0 Å². The Morgan fingerprint density at radius 3 is 2.42 bits per heavy atom. The summed E-state index contributed by atoms with van der Waals surface area (Å²) in [6.45, 7) is 6.40. The van der Waals surface area contributed by atoms with Crippen LogP contribution >= 0.6 is 0 Å². The maximum absolute atomic E-state index is 11.0. The van der Waals surface area contributed by atoms with Crippen molar-refractivity contribution in [2.24, 2.45) is 0 Å². The molecule has 24 heavy (non-hydrogen) atoms. The zero-order chi connectivity index (χ0) is 16.8. The molecule has 0 saturated carbocycles. The van der Waals surface area contributed by atoms with Crippen molar-refractivity contribution in [3.8, 4) is 16.9 Å². The molecule has 3 aromatic carbocycles. The van der Waals surface area contributed by atoms with Gasteiger partial charge in [-0.2, -0.15) is 0 Å². The van der Waals surface area contributed by atoms with Crippen LogP contribution in [0.4, 0.5) is 0 Å². The van der Waals surface area contributed by atoms with Gasteiger partial charge in [0.15, 0.2) is 0 Å². The molecule has 0 bridgehead atoms. The molecule has 0 spiro atoms. The van der Waals surface area contributed by atoms with E-state index in [1.54, 1.807) is 0 Å². The summed E-state index contributed by atoms with van der Waals surface area (Å²) >= 11 is 0. The van der Waals surface area contributed by atoms with Gasteiger partial charge in [0.2, 0.25) is 0 Å². The van der Waals surface area contributed by atoms with E-state index in [2.05, 4.69) is 50.2 Å². The Morgan fingerprint density at radius 1 is 0.833 bits per heavy atom. The third-order valence-electron chi connectivity index (χ3n) is 5.63. The molecule has 0 aliphatic heterocycles. The number of hydrogen-bond donors (Lipinski definition) is 1. The number of rotatable bonds is 1. The summed E-state index contributed by atoms with van der Waals surface area (Å²) in [6.07, 6.45) is 4.80. The summed E-state index contributed by atoms with van der Waals surface area (Å²) in [5.41, 5.74) is 8.83. The standard InChI is InChI=1S/C23H24O/c1-14-12-17-8-4-6-10-19(17)21(16(14)3)22-20-11-7-5-9-18(20)13-15(2)23(22)24/h5,7,9,11-13,24H,4,6,8,10H2,1-3H3. The third kappa shape index (κ3) is 2.23. The maximum Gasteiger partial charge on any atom is 0.126 e. The van der Waals surface area contributed by atoms with E-state index < -0.39 is 0 Å². The first-order valence-corrected chi connectivity index (χ1v) is 8.91. The number of phenols is 1. The van der Waals surface area contributed by atoms with Crippen molar-refractivity contribution >= 4 is 10.8 Å². The van der Waals surface area contributed by atoms with E-state index in [1.807, 2.05) is 6.92 Å². The molecule has 0 heterocycles. The minimum atomic E-state index is 0.440. The topological polar surface area (TPSA) is 20.2 Å². The Morgan fingerprint density at radius 2 is 1.58 bits per heavy atom. The Labute approximate surface area is 144 Å². The number of aromatic hydroxyl groups is 1. The van der Waals surface area contributed by atoms with Crippen molar-refractivity contribution in [1.82, 2.24) is 0 Å². The van der Waals surface area contributed by atoms with Crippen LogP contribution in [0, 0.1) is 20.8 Å². The number of fused-ring (bicyclic) bond motifs is 2. The van der Waals surface area contributed by atoms with Crippen LogP contribution in [-0.2, 0) is 12.8 Å². The normalized spacial score (nSPS) is 14.0. The second-order valence-corrected chi connectivity index (χ2v) is 7.18. The molecule has 0 saturated heterocycles. The maximum atomic E-state index is 11.0. The van der Waals surface area contributed by atoms with Gasteiger partial charge in [-0.3, -0.25) is 0 Å². The van der Waals surface area contributed by atoms with Crippen molar-refractivity contribution in [1.29, 1.82) is 0 Å². The van der Waals surface area contributed by atoms with Crippen molar-refractivity contribution in [3.63, 3.8) is 0 Å². The molecular formula is C23H24O. The summed E-state index contributed by atoms with van der Waals surface area (Å²) < 4.78 is 0. The van der Waals surface area contributed by atoms with Crippen LogP contribution in [0.25, 0.3) is 21.9 Å². The molecule has 4 rings (SSSR count). The Hall–Kier alpha value is -2.28. The lowest BCUT2D eigenvalue weighted by Gasteiger charge is -2.25. The number of hydrogen-bond acceptors (Lipinski definition) is 1. The Bertz CT molecular complexity index is 950. The summed E-state index contributed by atoms with van der Waals surface area (Å²) in [5.74, 6) is 0.440. The van der Waals surface area contributed by atoms with Crippen LogP contribution < -0.4 is 0 Å². The van der Waals surface area contributed by atoms with Crippen LogP contribution in [0.5, 0.6) is 5.75 Å². The highest BCUT2D eigenvalue weighted by Crippen LogP contribution is 2.44. The molecular weight excluding hydrogens is 292 g/mol. The van der Waals surface area contributed by atoms with Crippen LogP contribution in [-0.4, -0.2) is 5.11 Å². The van der Waals surface area contributed by atoms with Gasteiger partial charge in [-0.05, 0) is 96.7 Å². The smallest absolute Gasteiger partial charge is 0.126 e. The van der Waals surface area contributed by atoms with Crippen LogP contribution in [0.3, 0.4) is 0 Å². The largest absolute Gasteiger partial charge is 0.507 e. The second-order valence-electron chi connectivity index (χ2n) is 7.18. The molecule has 0 atom stereocenters. The fraction of sp³-hybridized carbons (Fsp3) is 0.304. The van der Waals surface area contributed by atoms with Crippen molar-refractivity contribution in [3.05, 3.63) is 64.2 Å². The second kappa shape index (κ2) is 5.66. The Kier molecular flexibility index (Phi) is 3.60. The quantitative estimate of drug-likeness (QED) is 0.582. The van der Waals surface area contributed by atoms with E-state index >= 15 is 0 Å². The molecule has 0 fully saturated rings. The predicted molar refractivity (Wildman–Crippen MR) is 102 cm³/mol. The van der Waals surface area contributed by atoms with Crippen LogP contribution in [0.15, 0.2) is 36.4 Å². The molecule has 0 amide bonds. The highest BCUT2D eigenvalue weighted by atomic mass is 16.3. The van der Waals surface area contributed by atoms with E-state index in [9.17, 15) is 5.11 Å². The summed E-state index contributed by atoms with van der Waals surface area (Å²) in [6, 6.07) is 12.9. The molecule has 0 unspecified atom stereocenters. The van der Waals surface area contributed by atoms with E-state index in [0.29, 0.717) is 5.75 Å². The molecule has 3 aromatic rings. The van der Waals surface area contributed by atoms with E-state index in [1.165, 1.54) is 46.0 Å². The lowest BCUT2D eigenvalue weighted by Crippen LogP contribution is -2.08. The number of phenolic OH excluding ortho intramolecular Hbond substituents is 1. The van der Waals surface area contributed by atoms with E-state index in [-0.39, 0.29) is 0 Å². The molecule has 1 N–H and O–H groups in total. The minimum absolute atomic E-state index is 0.440. The van der Waals surface area contributed by atoms with Gasteiger partial charge in [-0.1, -0.05) is 30.3 Å². The fourth-order valence-corrected chi connectivity index (χ4v) is 4.23. The van der Waals surface area contributed by atoms with Gasteiger partial charge in [-0.15, -0.1) is 0 Å². The van der Waals surface area contributed by atoms with E-state index in [0.717, 1.165) is 29.4 Å². The SMILES string of the molecule is Cc1cc2c(c(-c3c(O)c(C)cc4ccccc34)c1C)CCCC2. The van der Waals surface area contributed by atoms with Crippen LogP contribution in [0.1, 0.15) is 40.7 Å². The highest BCUT2D eigenvalue weighted by Gasteiger charge is 2.22. The zero-order valence-corrected chi connectivity index (χ0v) is 14.7. The Balaban J connectivity index is 2.16. The predicted octanol–water partition coefficient (Wildman–Crippen LogP) is 6.02. The molecule has 0 aromatic heterocycles. The zero-order valence-electron chi connectivity index (χ0n) is 14.7. The lowest BCUT2D eigenvalue weighted by atomic mass is 9.80. The fourth-order valence-electron chi connectivity index (χ4n) is 4.23. The van der Waals surface area contributed by atoms with Crippen LogP contribution in [0.2, 0.25) is 0 Å². The van der Waals surface area contributed by atoms with Crippen molar-refractivity contribution < 1.29 is 5.11 Å². The number of aryl methyl sites for hydroxylation is 3. The summed E-state index contributed by atoms with van der Waals surface area (Å²) in [4.78, 5) is 0. The van der Waals surface area contributed by atoms with Crippen molar-refractivity contribution in [2.75, 3.05) is 0 Å². The molecule has 1 aliphatic carbocycles. The first-order valence-electron chi connectivity index (χ1n) is 8.91. The molecule has 0 radical (unpaired) electrons. The van der Waals surface area contributed by atoms with E-state index in [4.69, 9.17) is 0 Å². The minimum Gasteiger partial charge on any atom is -0.507 e. The first-order chi connectivity index (χ1) is 11.6. The average molecular weight is 316 g/mol. The highest BCUT2D eigenvalue weighted by molar-refractivity contribution is 6.02. The third-order valence-corrected chi connectivity index (χ3v) is 5.63. The molecule has 1 nitrogen and oxygen atoms in total.